The van der Waals surface area contributed by atoms with E-state index in [4.69, 9.17) is 11.6 Å². The zero-order valence-electron chi connectivity index (χ0n) is 13.7. The number of thiophene rings is 1. The van der Waals surface area contributed by atoms with Crippen LogP contribution in [-0.4, -0.2) is 38.8 Å². The minimum Gasteiger partial charge on any atom is -0.338 e. The van der Waals surface area contributed by atoms with Crippen molar-refractivity contribution in [1.29, 1.82) is 0 Å². The lowest BCUT2D eigenvalue weighted by Crippen LogP contribution is -2.30. The van der Waals surface area contributed by atoms with Crippen LogP contribution in [0, 0.1) is 6.92 Å². The molecule has 24 heavy (non-hydrogen) atoms. The molecule has 3 rings (SSSR count). The van der Waals surface area contributed by atoms with Gasteiger partial charge in [0.25, 0.3) is 5.91 Å². The predicted molar refractivity (Wildman–Crippen MR) is 97.6 cm³/mol. The normalized spacial score (nSPS) is 11.0. The standard InChI is InChI=1S/C17H17ClN4OS/c1-4-22(5-2)17(23)13-10(3)12-14(18)20-15(21-16(12)24-13)11-8-6-7-9-19-11/h6-9H,4-5H2,1-3H3. The van der Waals surface area contributed by atoms with Crippen molar-refractivity contribution >= 4 is 39.1 Å². The summed E-state index contributed by atoms with van der Waals surface area (Å²) < 4.78 is 0. The Hall–Kier alpha value is -2.05. The minimum atomic E-state index is 0.0101. The fourth-order valence-electron chi connectivity index (χ4n) is 2.56. The molecule has 3 heterocycles. The van der Waals surface area contributed by atoms with Gasteiger partial charge in [-0.2, -0.15) is 0 Å². The van der Waals surface area contributed by atoms with Gasteiger partial charge in [0.15, 0.2) is 5.82 Å². The highest BCUT2D eigenvalue weighted by molar-refractivity contribution is 7.20. The van der Waals surface area contributed by atoms with Crippen molar-refractivity contribution < 1.29 is 4.79 Å². The van der Waals surface area contributed by atoms with Gasteiger partial charge in [0.05, 0.1) is 10.3 Å². The van der Waals surface area contributed by atoms with E-state index in [0.29, 0.717) is 39.5 Å². The number of hydrogen-bond acceptors (Lipinski definition) is 5. The van der Waals surface area contributed by atoms with Gasteiger partial charge in [-0.05, 0) is 38.5 Å². The Labute approximate surface area is 149 Å². The van der Waals surface area contributed by atoms with Crippen molar-refractivity contribution in [3.05, 3.63) is 40.0 Å². The van der Waals surface area contributed by atoms with Gasteiger partial charge in [-0.15, -0.1) is 11.3 Å². The van der Waals surface area contributed by atoms with E-state index < -0.39 is 0 Å². The van der Waals surface area contributed by atoms with E-state index in [1.165, 1.54) is 11.3 Å². The van der Waals surface area contributed by atoms with Crippen LogP contribution in [0.2, 0.25) is 5.15 Å². The van der Waals surface area contributed by atoms with Crippen molar-refractivity contribution in [2.45, 2.75) is 20.8 Å². The summed E-state index contributed by atoms with van der Waals surface area (Å²) in [6.45, 7) is 7.17. The summed E-state index contributed by atoms with van der Waals surface area (Å²) in [6.07, 6.45) is 1.69. The Morgan fingerprint density at radius 1 is 1.25 bits per heavy atom. The first kappa shape index (κ1) is 16.8. The SMILES string of the molecule is CCN(CC)C(=O)c1sc2nc(-c3ccccn3)nc(Cl)c2c1C. The number of pyridine rings is 1. The van der Waals surface area contributed by atoms with Crippen molar-refractivity contribution in [2.75, 3.05) is 13.1 Å². The quantitative estimate of drug-likeness (QED) is 0.654. The molecule has 0 atom stereocenters. The number of amides is 1. The van der Waals surface area contributed by atoms with Gasteiger partial charge in [-0.1, -0.05) is 17.7 Å². The highest BCUT2D eigenvalue weighted by Gasteiger charge is 2.23. The molecule has 5 nitrogen and oxygen atoms in total. The number of rotatable bonds is 4. The van der Waals surface area contributed by atoms with Crippen LogP contribution in [0.5, 0.6) is 0 Å². The fraction of sp³-hybridized carbons (Fsp3) is 0.294. The average molecular weight is 361 g/mol. The summed E-state index contributed by atoms with van der Waals surface area (Å²) in [5.41, 5.74) is 1.49. The molecule has 7 heteroatoms. The van der Waals surface area contributed by atoms with Crippen LogP contribution in [0.1, 0.15) is 29.1 Å². The molecule has 0 N–H and O–H groups in total. The van der Waals surface area contributed by atoms with E-state index in [-0.39, 0.29) is 5.91 Å². The molecule has 124 valence electrons. The van der Waals surface area contributed by atoms with E-state index >= 15 is 0 Å². The number of carbonyl (C=O) groups excluding carboxylic acids is 1. The molecule has 0 bridgehead atoms. The van der Waals surface area contributed by atoms with E-state index in [9.17, 15) is 4.79 Å². The summed E-state index contributed by atoms with van der Waals surface area (Å²) >= 11 is 7.75. The van der Waals surface area contributed by atoms with Crippen LogP contribution in [0.4, 0.5) is 0 Å². The van der Waals surface area contributed by atoms with E-state index in [1.54, 1.807) is 11.1 Å². The molecule has 1 amide bonds. The highest BCUT2D eigenvalue weighted by Crippen LogP contribution is 2.35. The maximum Gasteiger partial charge on any atom is 0.264 e. The lowest BCUT2D eigenvalue weighted by molar-refractivity contribution is 0.0777. The summed E-state index contributed by atoms with van der Waals surface area (Å²) in [6, 6.07) is 5.54. The lowest BCUT2D eigenvalue weighted by Gasteiger charge is -2.17. The van der Waals surface area contributed by atoms with Gasteiger partial charge in [-0.25, -0.2) is 9.97 Å². The van der Waals surface area contributed by atoms with Crippen LogP contribution in [0.25, 0.3) is 21.7 Å². The maximum absolute atomic E-state index is 12.7. The Kier molecular flexibility index (Phi) is 4.78. The zero-order valence-corrected chi connectivity index (χ0v) is 15.3. The summed E-state index contributed by atoms with van der Waals surface area (Å²) in [4.78, 5) is 29.1. The molecule has 0 aliphatic carbocycles. The summed E-state index contributed by atoms with van der Waals surface area (Å²) in [5.74, 6) is 0.479. The fourth-order valence-corrected chi connectivity index (χ4v) is 4.07. The lowest BCUT2D eigenvalue weighted by atomic mass is 10.2. The van der Waals surface area contributed by atoms with Gasteiger partial charge in [0, 0.05) is 19.3 Å². The monoisotopic (exact) mass is 360 g/mol. The van der Waals surface area contributed by atoms with Gasteiger partial charge in [0.1, 0.15) is 15.7 Å². The molecule has 0 aromatic carbocycles. The van der Waals surface area contributed by atoms with Gasteiger partial charge >= 0.3 is 0 Å². The number of aromatic nitrogens is 3. The molecule has 0 spiro atoms. The Morgan fingerprint density at radius 2 is 2.00 bits per heavy atom. The maximum atomic E-state index is 12.7. The first-order chi connectivity index (χ1) is 11.6. The molecule has 0 saturated heterocycles. The number of halogens is 1. The van der Waals surface area contributed by atoms with Crippen LogP contribution < -0.4 is 0 Å². The second-order valence-corrected chi connectivity index (χ2v) is 6.62. The summed E-state index contributed by atoms with van der Waals surface area (Å²) in [7, 11) is 0. The minimum absolute atomic E-state index is 0.0101. The number of nitrogens with zero attached hydrogens (tertiary/aromatic N) is 4. The van der Waals surface area contributed by atoms with E-state index in [1.807, 2.05) is 39.0 Å². The average Bonchev–Trinajstić information content (AvgIpc) is 2.94. The second kappa shape index (κ2) is 6.83. The number of fused-ring (bicyclic) bond motifs is 1. The largest absolute Gasteiger partial charge is 0.338 e. The molecule has 0 saturated carbocycles. The Balaban J connectivity index is 2.14. The summed E-state index contributed by atoms with van der Waals surface area (Å²) in [5, 5.41) is 1.10. The van der Waals surface area contributed by atoms with Crippen LogP contribution in [0.15, 0.2) is 24.4 Å². The van der Waals surface area contributed by atoms with Crippen molar-refractivity contribution in [3.8, 4) is 11.5 Å². The molecule has 0 unspecified atom stereocenters. The Morgan fingerprint density at radius 3 is 2.62 bits per heavy atom. The zero-order chi connectivity index (χ0) is 17.3. The van der Waals surface area contributed by atoms with E-state index in [2.05, 4.69) is 15.0 Å². The van der Waals surface area contributed by atoms with Gasteiger partial charge < -0.3 is 4.90 Å². The number of hydrogen-bond donors (Lipinski definition) is 0. The molecule has 0 aliphatic rings. The Bertz CT molecular complexity index is 890. The van der Waals surface area contributed by atoms with Crippen LogP contribution in [0.3, 0.4) is 0 Å². The van der Waals surface area contributed by atoms with E-state index in [0.717, 1.165) is 10.9 Å². The second-order valence-electron chi connectivity index (χ2n) is 5.27. The van der Waals surface area contributed by atoms with Crippen molar-refractivity contribution in [1.82, 2.24) is 19.9 Å². The topological polar surface area (TPSA) is 59.0 Å². The third-order valence-electron chi connectivity index (χ3n) is 3.88. The molecule has 3 aromatic heterocycles. The van der Waals surface area contributed by atoms with Crippen molar-refractivity contribution in [2.24, 2.45) is 0 Å². The first-order valence-corrected chi connectivity index (χ1v) is 8.93. The number of carbonyl (C=O) groups is 1. The molecule has 0 fully saturated rings. The highest BCUT2D eigenvalue weighted by atomic mass is 35.5. The molecule has 0 radical (unpaired) electrons. The third kappa shape index (κ3) is 2.87. The van der Waals surface area contributed by atoms with Crippen LogP contribution >= 0.6 is 22.9 Å². The molecular formula is C17H17ClN4OS. The first-order valence-electron chi connectivity index (χ1n) is 7.74. The van der Waals surface area contributed by atoms with Gasteiger partial charge in [-0.3, -0.25) is 9.78 Å². The molecular weight excluding hydrogens is 344 g/mol. The van der Waals surface area contributed by atoms with Crippen molar-refractivity contribution in [3.63, 3.8) is 0 Å². The van der Waals surface area contributed by atoms with Crippen LogP contribution in [-0.2, 0) is 0 Å². The predicted octanol–water partition coefficient (Wildman–Crippen LogP) is 4.20. The third-order valence-corrected chi connectivity index (χ3v) is 5.33. The smallest absolute Gasteiger partial charge is 0.264 e. The van der Waals surface area contributed by atoms with Gasteiger partial charge in [0.2, 0.25) is 0 Å². The number of aryl methyl sites for hydroxylation is 1. The molecule has 3 aromatic rings. The molecule has 0 aliphatic heterocycles.